The number of likely N-dealkylation sites (tertiary alicyclic amines) is 1. The molecule has 1 aromatic carbocycles. The van der Waals surface area contributed by atoms with Crippen LogP contribution < -0.4 is 10.1 Å². The van der Waals surface area contributed by atoms with Crippen LogP contribution in [0.3, 0.4) is 0 Å². The summed E-state index contributed by atoms with van der Waals surface area (Å²) in [5, 5.41) is 2.70. The van der Waals surface area contributed by atoms with Gasteiger partial charge in [0.15, 0.2) is 0 Å². The lowest BCUT2D eigenvalue weighted by Crippen LogP contribution is -2.39. The lowest BCUT2D eigenvalue weighted by atomic mass is 10.1. The van der Waals surface area contributed by atoms with E-state index in [9.17, 15) is 9.59 Å². The standard InChI is InChI=1S/C19H21N3O3/c1-25-17-9-3-2-7-15(17)19(24)21-13-18(23)22-11-5-8-16(22)14-6-4-10-20-12-14/h2-4,6-7,9-10,12,16H,5,8,11,13H2,1H3,(H,21,24). The van der Waals surface area contributed by atoms with Crippen LogP contribution in [0.4, 0.5) is 0 Å². The van der Waals surface area contributed by atoms with Gasteiger partial charge in [0.2, 0.25) is 5.91 Å². The van der Waals surface area contributed by atoms with Crippen molar-refractivity contribution in [2.24, 2.45) is 0 Å². The molecule has 1 aliphatic rings. The van der Waals surface area contributed by atoms with Gasteiger partial charge in [-0.3, -0.25) is 14.6 Å². The Morgan fingerprint density at radius 3 is 2.88 bits per heavy atom. The van der Waals surface area contributed by atoms with Gasteiger partial charge in [0, 0.05) is 18.9 Å². The summed E-state index contributed by atoms with van der Waals surface area (Å²) in [6.45, 7) is 0.663. The summed E-state index contributed by atoms with van der Waals surface area (Å²) >= 11 is 0. The van der Waals surface area contributed by atoms with Crippen molar-refractivity contribution < 1.29 is 14.3 Å². The average Bonchev–Trinajstić information content (AvgIpc) is 3.16. The molecule has 130 valence electrons. The van der Waals surface area contributed by atoms with Gasteiger partial charge in [0.25, 0.3) is 5.91 Å². The van der Waals surface area contributed by atoms with Gasteiger partial charge in [-0.1, -0.05) is 18.2 Å². The van der Waals surface area contributed by atoms with Gasteiger partial charge in [0.1, 0.15) is 5.75 Å². The second kappa shape index (κ2) is 7.79. The van der Waals surface area contributed by atoms with E-state index in [1.54, 1.807) is 36.7 Å². The summed E-state index contributed by atoms with van der Waals surface area (Å²) < 4.78 is 5.18. The minimum absolute atomic E-state index is 0.0318. The summed E-state index contributed by atoms with van der Waals surface area (Å²) in [5.41, 5.74) is 1.45. The number of benzene rings is 1. The fourth-order valence-electron chi connectivity index (χ4n) is 3.17. The average molecular weight is 339 g/mol. The molecule has 1 atom stereocenters. The van der Waals surface area contributed by atoms with Crippen LogP contribution in [0.1, 0.15) is 34.8 Å². The molecule has 0 saturated carbocycles. The van der Waals surface area contributed by atoms with Crippen LogP contribution >= 0.6 is 0 Å². The number of hydrogen-bond acceptors (Lipinski definition) is 4. The molecule has 0 radical (unpaired) electrons. The number of aromatic nitrogens is 1. The molecule has 1 saturated heterocycles. The molecule has 1 fully saturated rings. The number of rotatable bonds is 5. The smallest absolute Gasteiger partial charge is 0.255 e. The Balaban J connectivity index is 1.63. The molecular formula is C19H21N3O3. The van der Waals surface area contributed by atoms with Gasteiger partial charge in [-0.15, -0.1) is 0 Å². The maximum Gasteiger partial charge on any atom is 0.255 e. The van der Waals surface area contributed by atoms with Crippen LogP contribution in [0.15, 0.2) is 48.8 Å². The summed E-state index contributed by atoms with van der Waals surface area (Å²) in [5.74, 6) is 0.0828. The van der Waals surface area contributed by atoms with Gasteiger partial charge >= 0.3 is 0 Å². The van der Waals surface area contributed by atoms with Crippen LogP contribution in [-0.2, 0) is 4.79 Å². The second-order valence-corrected chi connectivity index (χ2v) is 5.91. The SMILES string of the molecule is COc1ccccc1C(=O)NCC(=O)N1CCCC1c1cccnc1. The first kappa shape index (κ1) is 17.0. The molecule has 0 aliphatic carbocycles. The van der Waals surface area contributed by atoms with Gasteiger partial charge in [0.05, 0.1) is 25.3 Å². The molecule has 1 aromatic heterocycles. The highest BCUT2D eigenvalue weighted by Crippen LogP contribution is 2.31. The Bertz CT molecular complexity index is 749. The van der Waals surface area contributed by atoms with Crippen molar-refractivity contribution in [3.63, 3.8) is 0 Å². The lowest BCUT2D eigenvalue weighted by Gasteiger charge is -2.25. The second-order valence-electron chi connectivity index (χ2n) is 5.91. The van der Waals surface area contributed by atoms with E-state index in [0.29, 0.717) is 17.9 Å². The number of nitrogens with one attached hydrogen (secondary N) is 1. The topological polar surface area (TPSA) is 71.5 Å². The van der Waals surface area contributed by atoms with Crippen molar-refractivity contribution in [2.75, 3.05) is 20.2 Å². The first-order valence-corrected chi connectivity index (χ1v) is 8.31. The predicted octanol–water partition coefficient (Wildman–Crippen LogP) is 2.18. The maximum atomic E-state index is 12.6. The monoisotopic (exact) mass is 339 g/mol. The highest BCUT2D eigenvalue weighted by molar-refractivity contribution is 5.98. The molecule has 0 spiro atoms. The van der Waals surface area contributed by atoms with Crippen LogP contribution in [0, 0.1) is 0 Å². The summed E-state index contributed by atoms with van der Waals surface area (Å²) in [6.07, 6.45) is 5.38. The Morgan fingerprint density at radius 1 is 1.28 bits per heavy atom. The number of ether oxygens (including phenoxy) is 1. The van der Waals surface area contributed by atoms with E-state index in [1.807, 2.05) is 17.0 Å². The van der Waals surface area contributed by atoms with Crippen molar-refractivity contribution in [2.45, 2.75) is 18.9 Å². The molecular weight excluding hydrogens is 318 g/mol. The Labute approximate surface area is 146 Å². The third kappa shape index (κ3) is 3.79. The van der Waals surface area contributed by atoms with E-state index in [1.165, 1.54) is 7.11 Å². The summed E-state index contributed by atoms with van der Waals surface area (Å²) in [6, 6.07) is 10.8. The lowest BCUT2D eigenvalue weighted by molar-refractivity contribution is -0.131. The molecule has 2 amide bonds. The summed E-state index contributed by atoms with van der Waals surface area (Å²) in [7, 11) is 1.51. The van der Waals surface area contributed by atoms with E-state index in [2.05, 4.69) is 10.3 Å². The molecule has 3 rings (SSSR count). The Morgan fingerprint density at radius 2 is 2.12 bits per heavy atom. The minimum Gasteiger partial charge on any atom is -0.496 e. The zero-order valence-corrected chi connectivity index (χ0v) is 14.1. The number of carbonyl (C=O) groups is 2. The maximum absolute atomic E-state index is 12.6. The molecule has 0 bridgehead atoms. The van der Waals surface area contributed by atoms with E-state index in [4.69, 9.17) is 4.74 Å². The van der Waals surface area contributed by atoms with Crippen molar-refractivity contribution in [1.29, 1.82) is 0 Å². The number of carbonyl (C=O) groups excluding carboxylic acids is 2. The highest BCUT2D eigenvalue weighted by Gasteiger charge is 2.30. The van der Waals surface area contributed by atoms with E-state index in [0.717, 1.165) is 18.4 Å². The van der Waals surface area contributed by atoms with E-state index < -0.39 is 0 Å². The fourth-order valence-corrected chi connectivity index (χ4v) is 3.17. The van der Waals surface area contributed by atoms with Gasteiger partial charge < -0.3 is 15.0 Å². The van der Waals surface area contributed by atoms with Crippen molar-refractivity contribution >= 4 is 11.8 Å². The molecule has 6 heteroatoms. The van der Waals surface area contributed by atoms with E-state index >= 15 is 0 Å². The summed E-state index contributed by atoms with van der Waals surface area (Å²) in [4.78, 5) is 30.9. The third-order valence-electron chi connectivity index (χ3n) is 4.39. The predicted molar refractivity (Wildman–Crippen MR) is 93.3 cm³/mol. The molecule has 1 aliphatic heterocycles. The first-order valence-electron chi connectivity index (χ1n) is 8.31. The number of amides is 2. The zero-order chi connectivity index (χ0) is 17.6. The fraction of sp³-hybridized carbons (Fsp3) is 0.316. The Hall–Kier alpha value is -2.89. The quantitative estimate of drug-likeness (QED) is 0.906. The first-order chi connectivity index (χ1) is 12.2. The molecule has 2 aromatic rings. The molecule has 1 N–H and O–H groups in total. The molecule has 1 unspecified atom stereocenters. The number of para-hydroxylation sites is 1. The van der Waals surface area contributed by atoms with Gasteiger partial charge in [-0.05, 0) is 36.6 Å². The molecule has 6 nitrogen and oxygen atoms in total. The van der Waals surface area contributed by atoms with Crippen LogP contribution in [0.2, 0.25) is 0 Å². The number of nitrogens with zero attached hydrogens (tertiary/aromatic N) is 2. The zero-order valence-electron chi connectivity index (χ0n) is 14.1. The highest BCUT2D eigenvalue weighted by atomic mass is 16.5. The van der Waals surface area contributed by atoms with Gasteiger partial charge in [-0.2, -0.15) is 0 Å². The Kier molecular flexibility index (Phi) is 5.28. The molecule has 2 heterocycles. The third-order valence-corrected chi connectivity index (χ3v) is 4.39. The number of pyridine rings is 1. The van der Waals surface area contributed by atoms with Crippen LogP contribution in [0.5, 0.6) is 5.75 Å². The molecule has 25 heavy (non-hydrogen) atoms. The van der Waals surface area contributed by atoms with Gasteiger partial charge in [-0.25, -0.2) is 0 Å². The van der Waals surface area contributed by atoms with Crippen LogP contribution in [-0.4, -0.2) is 41.9 Å². The van der Waals surface area contributed by atoms with Crippen LogP contribution in [0.25, 0.3) is 0 Å². The van der Waals surface area contributed by atoms with Crippen molar-refractivity contribution in [3.8, 4) is 5.75 Å². The van der Waals surface area contributed by atoms with Crippen molar-refractivity contribution in [3.05, 3.63) is 59.9 Å². The normalized spacial score (nSPS) is 16.5. The number of hydrogen-bond donors (Lipinski definition) is 1. The number of methoxy groups -OCH3 is 1. The van der Waals surface area contributed by atoms with E-state index in [-0.39, 0.29) is 24.4 Å². The minimum atomic E-state index is -0.317. The van der Waals surface area contributed by atoms with Crippen molar-refractivity contribution in [1.82, 2.24) is 15.2 Å². The largest absolute Gasteiger partial charge is 0.496 e.